The Labute approximate surface area is 244 Å². The van der Waals surface area contributed by atoms with Crippen LogP contribution in [0.3, 0.4) is 0 Å². The topological polar surface area (TPSA) is 118 Å². The number of likely N-dealkylation sites (tertiary alicyclic amines) is 1. The van der Waals surface area contributed by atoms with E-state index in [4.69, 9.17) is 4.74 Å². The van der Waals surface area contributed by atoms with Crippen molar-refractivity contribution in [3.8, 4) is 0 Å². The molecule has 6 atom stereocenters. The van der Waals surface area contributed by atoms with E-state index in [9.17, 15) is 19.5 Å². The third kappa shape index (κ3) is 4.76. The fourth-order valence-electron chi connectivity index (χ4n) is 7.03. The van der Waals surface area contributed by atoms with Crippen molar-refractivity contribution in [3.63, 3.8) is 0 Å². The Morgan fingerprint density at radius 1 is 1.29 bits per heavy atom. The third-order valence-electron chi connectivity index (χ3n) is 8.96. The summed E-state index contributed by atoms with van der Waals surface area (Å²) in [4.78, 5) is 45.7. The summed E-state index contributed by atoms with van der Waals surface area (Å²) in [5.74, 6) is -2.25. The van der Waals surface area contributed by atoms with Crippen molar-refractivity contribution in [2.24, 2.45) is 11.8 Å². The van der Waals surface area contributed by atoms with Crippen molar-refractivity contribution in [1.82, 2.24) is 24.8 Å². The maximum absolute atomic E-state index is 14.6. The zero-order valence-corrected chi connectivity index (χ0v) is 24.6. The average molecular weight is 582 g/mol. The lowest BCUT2D eigenvalue weighted by Gasteiger charge is -2.39. The number of carbonyl (C=O) groups excluding carboxylic acids is 3. The summed E-state index contributed by atoms with van der Waals surface area (Å²) in [6.45, 7) is 11.8. The third-order valence-corrected chi connectivity index (χ3v) is 10.9. The smallest absolute Gasteiger partial charge is 0.311 e. The molecule has 41 heavy (non-hydrogen) atoms. The molecule has 3 aliphatic heterocycles. The van der Waals surface area contributed by atoms with Gasteiger partial charge in [-0.2, -0.15) is 0 Å². The Balaban J connectivity index is 1.52. The van der Waals surface area contributed by atoms with E-state index in [1.54, 1.807) is 38.4 Å². The van der Waals surface area contributed by atoms with Gasteiger partial charge in [0, 0.05) is 11.3 Å². The molecule has 1 aromatic heterocycles. The molecule has 4 heterocycles. The Hall–Kier alpha value is -3.18. The van der Waals surface area contributed by atoms with Crippen LogP contribution in [0.1, 0.15) is 46.0 Å². The van der Waals surface area contributed by atoms with Crippen LogP contribution < -0.4 is 0 Å². The molecule has 11 heteroatoms. The number of aliphatic hydroxyl groups is 1. The van der Waals surface area contributed by atoms with Crippen molar-refractivity contribution in [2.75, 3.05) is 19.8 Å². The van der Waals surface area contributed by atoms with Crippen molar-refractivity contribution in [2.45, 2.75) is 74.2 Å². The fraction of sp³-hybridized carbons (Fsp3) is 0.567. The quantitative estimate of drug-likeness (QED) is 0.218. The molecule has 3 fully saturated rings. The number of rotatable bonds is 13. The lowest BCUT2D eigenvalue weighted by molar-refractivity contribution is -0.156. The molecule has 1 spiro atoms. The largest absolute Gasteiger partial charge is 0.465 e. The van der Waals surface area contributed by atoms with E-state index in [2.05, 4.69) is 23.5 Å². The average Bonchev–Trinajstić information content (AvgIpc) is 3.67. The Morgan fingerprint density at radius 3 is 2.78 bits per heavy atom. The molecule has 0 saturated carbocycles. The highest BCUT2D eigenvalue weighted by atomic mass is 32.2. The first-order valence-corrected chi connectivity index (χ1v) is 15.2. The molecule has 2 amide bonds. The monoisotopic (exact) mass is 581 g/mol. The van der Waals surface area contributed by atoms with Crippen molar-refractivity contribution < 1.29 is 24.2 Å². The number of carbonyl (C=O) groups is 3. The van der Waals surface area contributed by atoms with Gasteiger partial charge >= 0.3 is 5.97 Å². The summed E-state index contributed by atoms with van der Waals surface area (Å²) in [5, 5.41) is 18.8. The minimum absolute atomic E-state index is 0.122. The molecular formula is C30H39N5O5S. The molecule has 1 N–H and O–H groups in total. The second-order valence-corrected chi connectivity index (χ2v) is 13.3. The standard InChI is InChI=1S/C30H39N5O5S/c1-5-8-11-17-40-28(39)24-23-26(37)35(20(7-3)18-36)25(30(23)15-14-29(24,4)41-30)27(38)33(16-6-2)19-34-22-13-10-9-12-21(22)31-32-34/h5-6,9-10,12-13,20,23-25,36H,1-2,7-8,11,14-19H2,3-4H3/t20-,23-,24+,25?,29-,30?/m0/s1. The molecule has 2 bridgehead atoms. The number of amides is 2. The van der Waals surface area contributed by atoms with Gasteiger partial charge in [0.2, 0.25) is 11.8 Å². The van der Waals surface area contributed by atoms with Crippen LogP contribution in [0.15, 0.2) is 49.6 Å². The van der Waals surface area contributed by atoms with E-state index in [0.29, 0.717) is 31.2 Å². The molecule has 0 radical (unpaired) electrons. The zero-order valence-electron chi connectivity index (χ0n) is 23.8. The number of allylic oxidation sites excluding steroid dienone is 1. The first-order chi connectivity index (χ1) is 19.8. The first-order valence-electron chi connectivity index (χ1n) is 14.3. The highest BCUT2D eigenvalue weighted by Gasteiger charge is 2.78. The number of benzene rings is 1. The minimum atomic E-state index is -0.850. The summed E-state index contributed by atoms with van der Waals surface area (Å²) < 4.78 is 6.03. The number of thioether (sulfide) groups is 1. The van der Waals surface area contributed by atoms with Crippen LogP contribution >= 0.6 is 11.8 Å². The van der Waals surface area contributed by atoms with Crippen LogP contribution in [0, 0.1) is 11.8 Å². The molecule has 2 unspecified atom stereocenters. The second-order valence-electron chi connectivity index (χ2n) is 11.4. The number of unbranched alkanes of at least 4 members (excludes halogenated alkanes) is 1. The van der Waals surface area contributed by atoms with E-state index in [1.165, 1.54) is 0 Å². The maximum Gasteiger partial charge on any atom is 0.311 e. The summed E-state index contributed by atoms with van der Waals surface area (Å²) in [5.41, 5.74) is 1.50. The van der Waals surface area contributed by atoms with E-state index in [-0.39, 0.29) is 44.2 Å². The van der Waals surface area contributed by atoms with E-state index in [1.807, 2.05) is 38.1 Å². The number of hydrogen-bond donors (Lipinski definition) is 1. The van der Waals surface area contributed by atoms with Gasteiger partial charge in [-0.25, -0.2) is 4.68 Å². The van der Waals surface area contributed by atoms with Crippen LogP contribution in [0.4, 0.5) is 0 Å². The summed E-state index contributed by atoms with van der Waals surface area (Å²) in [7, 11) is 0. The van der Waals surface area contributed by atoms with Gasteiger partial charge in [-0.05, 0) is 51.2 Å². The van der Waals surface area contributed by atoms with Crippen LogP contribution in [-0.4, -0.2) is 89.0 Å². The second kappa shape index (κ2) is 11.6. The Morgan fingerprint density at radius 2 is 2.07 bits per heavy atom. The SMILES string of the molecule is C=CCCCOC(=O)[C@H]1[C@H]2C(=O)N([C@@H](CC)CO)C(C(=O)N(CC=C)Cn3nnc4ccccc43)C23CC[C@]1(C)S3. The number of nitrogens with zero attached hydrogens (tertiary/aromatic N) is 5. The van der Waals surface area contributed by atoms with Crippen molar-refractivity contribution in [1.29, 1.82) is 0 Å². The number of hydrogen-bond acceptors (Lipinski definition) is 8. The van der Waals surface area contributed by atoms with Gasteiger partial charge in [0.1, 0.15) is 18.2 Å². The highest BCUT2D eigenvalue weighted by molar-refractivity contribution is 8.02. The molecule has 3 aliphatic rings. The van der Waals surface area contributed by atoms with Gasteiger partial charge in [-0.15, -0.1) is 30.0 Å². The number of esters is 1. The molecule has 5 rings (SSSR count). The molecule has 220 valence electrons. The Bertz CT molecular complexity index is 1340. The number of para-hydroxylation sites is 1. The predicted molar refractivity (Wildman–Crippen MR) is 157 cm³/mol. The van der Waals surface area contributed by atoms with Gasteiger partial charge < -0.3 is 19.6 Å². The van der Waals surface area contributed by atoms with Gasteiger partial charge in [0.25, 0.3) is 0 Å². The molecule has 3 saturated heterocycles. The Kier molecular flexibility index (Phi) is 8.29. The number of ether oxygens (including phenoxy) is 1. The highest BCUT2D eigenvalue weighted by Crippen LogP contribution is 2.71. The molecule has 0 aliphatic carbocycles. The van der Waals surface area contributed by atoms with Crippen molar-refractivity contribution >= 4 is 40.6 Å². The lowest BCUT2D eigenvalue weighted by atomic mass is 9.66. The predicted octanol–water partition coefficient (Wildman–Crippen LogP) is 3.17. The molecule has 1 aromatic carbocycles. The normalized spacial score (nSPS) is 29.0. The van der Waals surface area contributed by atoms with E-state index < -0.39 is 33.4 Å². The van der Waals surface area contributed by atoms with Gasteiger partial charge in [0.15, 0.2) is 0 Å². The van der Waals surface area contributed by atoms with E-state index in [0.717, 1.165) is 11.9 Å². The molecule has 10 nitrogen and oxygen atoms in total. The molecular weight excluding hydrogens is 542 g/mol. The summed E-state index contributed by atoms with van der Waals surface area (Å²) >= 11 is 1.59. The number of aliphatic hydroxyl groups excluding tert-OH is 1. The molecule has 2 aromatic rings. The van der Waals surface area contributed by atoms with Crippen LogP contribution in [0.25, 0.3) is 11.0 Å². The lowest BCUT2D eigenvalue weighted by Crippen LogP contribution is -2.57. The summed E-state index contributed by atoms with van der Waals surface area (Å²) in [6, 6.07) is 6.12. The fourth-order valence-corrected chi connectivity index (χ4v) is 9.35. The minimum Gasteiger partial charge on any atom is -0.465 e. The van der Waals surface area contributed by atoms with Crippen LogP contribution in [-0.2, 0) is 25.8 Å². The van der Waals surface area contributed by atoms with Crippen LogP contribution in [0.2, 0.25) is 0 Å². The van der Waals surface area contributed by atoms with Gasteiger partial charge in [-0.3, -0.25) is 14.4 Å². The number of fused-ring (bicyclic) bond motifs is 2. The first kappa shape index (κ1) is 29.3. The zero-order chi connectivity index (χ0) is 29.4. The maximum atomic E-state index is 14.6. The van der Waals surface area contributed by atoms with E-state index >= 15 is 0 Å². The summed E-state index contributed by atoms with van der Waals surface area (Å²) in [6.07, 6.45) is 6.62. The van der Waals surface area contributed by atoms with Gasteiger partial charge in [0.05, 0.1) is 41.4 Å². The van der Waals surface area contributed by atoms with Crippen LogP contribution in [0.5, 0.6) is 0 Å². The van der Waals surface area contributed by atoms with Gasteiger partial charge in [-0.1, -0.05) is 36.4 Å². The number of aromatic nitrogens is 3. The van der Waals surface area contributed by atoms with Crippen molar-refractivity contribution in [3.05, 3.63) is 49.6 Å².